The molecule has 2 aromatic rings. The van der Waals surface area contributed by atoms with Gasteiger partial charge in [0.1, 0.15) is 11.6 Å². The van der Waals surface area contributed by atoms with Crippen molar-refractivity contribution in [1.82, 2.24) is 10.2 Å². The van der Waals surface area contributed by atoms with Crippen molar-refractivity contribution in [2.24, 2.45) is 5.92 Å². The molecule has 0 unspecified atom stereocenters. The van der Waals surface area contributed by atoms with E-state index in [1.54, 1.807) is 25.3 Å². The molecular weight excluding hydrogens is 359 g/mol. The third-order valence-corrected chi connectivity index (χ3v) is 5.14. The molecule has 1 aliphatic heterocycles. The van der Waals surface area contributed by atoms with Gasteiger partial charge >= 0.3 is 0 Å². The van der Waals surface area contributed by atoms with Crippen LogP contribution in [0, 0.1) is 11.7 Å². The molecule has 1 aliphatic rings. The third-order valence-electron chi connectivity index (χ3n) is 5.14. The van der Waals surface area contributed by atoms with Crippen molar-refractivity contribution in [2.75, 3.05) is 20.2 Å². The van der Waals surface area contributed by atoms with Crippen LogP contribution in [0.15, 0.2) is 48.5 Å². The SMILES string of the molecule is COc1ccc(CC(=O)N2CCC(C(=O)NCc3ccccc3F)CC2)cc1. The molecule has 1 saturated heterocycles. The highest BCUT2D eigenvalue weighted by atomic mass is 19.1. The Morgan fingerprint density at radius 3 is 2.43 bits per heavy atom. The maximum atomic E-state index is 13.6. The molecule has 0 spiro atoms. The van der Waals surface area contributed by atoms with Crippen molar-refractivity contribution < 1.29 is 18.7 Å². The number of benzene rings is 2. The van der Waals surface area contributed by atoms with Crippen molar-refractivity contribution in [3.05, 3.63) is 65.5 Å². The molecule has 2 amide bonds. The van der Waals surface area contributed by atoms with E-state index in [2.05, 4.69) is 5.32 Å². The Labute approximate surface area is 164 Å². The van der Waals surface area contributed by atoms with Gasteiger partial charge in [-0.15, -0.1) is 0 Å². The summed E-state index contributed by atoms with van der Waals surface area (Å²) in [5, 5.41) is 2.81. The van der Waals surface area contributed by atoms with E-state index >= 15 is 0 Å². The molecule has 0 atom stereocenters. The maximum absolute atomic E-state index is 13.6. The van der Waals surface area contributed by atoms with E-state index in [0.717, 1.165) is 11.3 Å². The van der Waals surface area contributed by atoms with Crippen LogP contribution in [-0.4, -0.2) is 36.9 Å². The maximum Gasteiger partial charge on any atom is 0.226 e. The summed E-state index contributed by atoms with van der Waals surface area (Å²) < 4.78 is 18.8. The molecule has 5 nitrogen and oxygen atoms in total. The Kier molecular flexibility index (Phi) is 6.63. The molecule has 0 aromatic heterocycles. The number of nitrogens with zero attached hydrogens (tertiary/aromatic N) is 1. The fraction of sp³-hybridized carbons (Fsp3) is 0.364. The van der Waals surface area contributed by atoms with E-state index in [0.29, 0.717) is 37.9 Å². The van der Waals surface area contributed by atoms with E-state index in [4.69, 9.17) is 4.74 Å². The van der Waals surface area contributed by atoms with Gasteiger partial charge in [0.05, 0.1) is 13.5 Å². The molecule has 0 aliphatic carbocycles. The summed E-state index contributed by atoms with van der Waals surface area (Å²) in [6, 6.07) is 13.9. The minimum absolute atomic E-state index is 0.0652. The first-order valence-electron chi connectivity index (χ1n) is 9.48. The summed E-state index contributed by atoms with van der Waals surface area (Å²) in [5.74, 6) is 0.290. The van der Waals surface area contributed by atoms with E-state index in [9.17, 15) is 14.0 Å². The number of carbonyl (C=O) groups excluding carboxylic acids is 2. The second-order valence-electron chi connectivity index (χ2n) is 6.99. The molecule has 1 heterocycles. The van der Waals surface area contributed by atoms with Crippen molar-refractivity contribution in [3.63, 3.8) is 0 Å². The van der Waals surface area contributed by atoms with Crippen LogP contribution in [0.25, 0.3) is 0 Å². The van der Waals surface area contributed by atoms with Crippen molar-refractivity contribution in [1.29, 1.82) is 0 Å². The Morgan fingerprint density at radius 2 is 1.79 bits per heavy atom. The second-order valence-corrected chi connectivity index (χ2v) is 6.99. The Bertz CT molecular complexity index is 815. The van der Waals surface area contributed by atoms with Crippen LogP contribution in [0.5, 0.6) is 5.75 Å². The largest absolute Gasteiger partial charge is 0.497 e. The Hall–Kier alpha value is -2.89. The van der Waals surface area contributed by atoms with Gasteiger partial charge in [-0.05, 0) is 36.6 Å². The van der Waals surface area contributed by atoms with Gasteiger partial charge in [-0.2, -0.15) is 0 Å². The molecule has 2 aromatic carbocycles. The van der Waals surface area contributed by atoms with Gasteiger partial charge in [0.2, 0.25) is 11.8 Å². The lowest BCUT2D eigenvalue weighted by molar-refractivity contribution is -0.135. The van der Waals surface area contributed by atoms with E-state index in [1.165, 1.54) is 6.07 Å². The van der Waals surface area contributed by atoms with Gasteiger partial charge in [0.15, 0.2) is 0 Å². The smallest absolute Gasteiger partial charge is 0.226 e. The highest BCUT2D eigenvalue weighted by Gasteiger charge is 2.27. The summed E-state index contributed by atoms with van der Waals surface area (Å²) in [5.41, 5.74) is 1.42. The number of methoxy groups -OCH3 is 1. The summed E-state index contributed by atoms with van der Waals surface area (Å²) in [6.45, 7) is 1.31. The van der Waals surface area contributed by atoms with Crippen LogP contribution in [-0.2, 0) is 22.6 Å². The molecule has 0 radical (unpaired) electrons. The van der Waals surface area contributed by atoms with E-state index in [1.807, 2.05) is 29.2 Å². The average molecular weight is 384 g/mol. The Balaban J connectivity index is 1.44. The zero-order valence-electron chi connectivity index (χ0n) is 16.0. The van der Waals surface area contributed by atoms with E-state index < -0.39 is 0 Å². The molecule has 3 rings (SSSR count). The number of piperidine rings is 1. The lowest BCUT2D eigenvalue weighted by Gasteiger charge is -2.31. The quantitative estimate of drug-likeness (QED) is 0.833. The molecule has 0 saturated carbocycles. The molecular formula is C22H25FN2O3. The number of ether oxygens (including phenoxy) is 1. The van der Waals surface area contributed by atoms with Crippen LogP contribution in [0.4, 0.5) is 4.39 Å². The normalized spacial score (nSPS) is 14.6. The van der Waals surface area contributed by atoms with Crippen LogP contribution in [0.2, 0.25) is 0 Å². The fourth-order valence-corrected chi connectivity index (χ4v) is 3.39. The molecule has 28 heavy (non-hydrogen) atoms. The number of hydrogen-bond acceptors (Lipinski definition) is 3. The summed E-state index contributed by atoms with van der Waals surface area (Å²) in [4.78, 5) is 26.7. The molecule has 0 bridgehead atoms. The fourth-order valence-electron chi connectivity index (χ4n) is 3.39. The van der Waals surface area contributed by atoms with Gasteiger partial charge in [0, 0.05) is 31.1 Å². The van der Waals surface area contributed by atoms with Crippen LogP contribution in [0.3, 0.4) is 0 Å². The lowest BCUT2D eigenvalue weighted by atomic mass is 9.95. The van der Waals surface area contributed by atoms with Crippen molar-refractivity contribution in [3.8, 4) is 5.75 Å². The molecule has 6 heteroatoms. The summed E-state index contributed by atoms with van der Waals surface area (Å²) in [7, 11) is 1.61. The number of rotatable bonds is 6. The monoisotopic (exact) mass is 384 g/mol. The third kappa shape index (κ3) is 5.09. The van der Waals surface area contributed by atoms with Gasteiger partial charge in [0.25, 0.3) is 0 Å². The van der Waals surface area contributed by atoms with Gasteiger partial charge in [-0.1, -0.05) is 30.3 Å². The zero-order chi connectivity index (χ0) is 19.9. The minimum atomic E-state index is -0.318. The van der Waals surface area contributed by atoms with Crippen LogP contribution in [0.1, 0.15) is 24.0 Å². The van der Waals surface area contributed by atoms with Gasteiger partial charge < -0.3 is 15.0 Å². The average Bonchev–Trinajstić information content (AvgIpc) is 2.73. The topological polar surface area (TPSA) is 58.6 Å². The highest BCUT2D eigenvalue weighted by Crippen LogP contribution is 2.19. The first-order valence-corrected chi connectivity index (χ1v) is 9.48. The highest BCUT2D eigenvalue weighted by molar-refractivity contribution is 5.81. The molecule has 1 fully saturated rings. The number of nitrogens with one attached hydrogen (secondary N) is 1. The summed E-state index contributed by atoms with van der Waals surface area (Å²) >= 11 is 0. The number of hydrogen-bond donors (Lipinski definition) is 1. The molecule has 1 N–H and O–H groups in total. The minimum Gasteiger partial charge on any atom is -0.497 e. The van der Waals surface area contributed by atoms with Gasteiger partial charge in [-0.25, -0.2) is 4.39 Å². The number of halogens is 1. The predicted octanol–water partition coefficient (Wildman–Crippen LogP) is 2.93. The first kappa shape index (κ1) is 19.9. The van der Waals surface area contributed by atoms with Crippen LogP contribution >= 0.6 is 0 Å². The Morgan fingerprint density at radius 1 is 1.11 bits per heavy atom. The number of carbonyl (C=O) groups is 2. The van der Waals surface area contributed by atoms with Crippen molar-refractivity contribution in [2.45, 2.75) is 25.8 Å². The number of amides is 2. The molecule has 148 valence electrons. The standard InChI is InChI=1S/C22H25FN2O3/c1-28-19-8-6-16(7-9-19)14-21(26)25-12-10-17(11-13-25)22(27)24-15-18-4-2-3-5-20(18)23/h2-9,17H,10-15H2,1H3,(H,24,27). The van der Waals surface area contributed by atoms with Gasteiger partial charge in [-0.3, -0.25) is 9.59 Å². The zero-order valence-corrected chi connectivity index (χ0v) is 16.0. The number of likely N-dealkylation sites (tertiary alicyclic amines) is 1. The summed E-state index contributed by atoms with van der Waals surface area (Å²) in [6.07, 6.45) is 1.59. The first-order chi connectivity index (χ1) is 13.6. The van der Waals surface area contributed by atoms with E-state index in [-0.39, 0.29) is 30.1 Å². The van der Waals surface area contributed by atoms with Crippen molar-refractivity contribution >= 4 is 11.8 Å². The van der Waals surface area contributed by atoms with Crippen LogP contribution < -0.4 is 10.1 Å². The lowest BCUT2D eigenvalue weighted by Crippen LogP contribution is -2.43. The second kappa shape index (κ2) is 9.35. The predicted molar refractivity (Wildman–Crippen MR) is 104 cm³/mol.